The highest BCUT2D eigenvalue weighted by Gasteiger charge is 2.13. The Bertz CT molecular complexity index is 584. The first-order valence-electron chi connectivity index (χ1n) is 4.83. The molecule has 0 saturated heterocycles. The molecule has 0 radical (unpaired) electrons. The van der Waals surface area contributed by atoms with Crippen LogP contribution in [0.4, 0.5) is 5.82 Å². The van der Waals surface area contributed by atoms with Gasteiger partial charge in [-0.25, -0.2) is 24.4 Å². The van der Waals surface area contributed by atoms with Crippen molar-refractivity contribution >= 4 is 23.5 Å². The van der Waals surface area contributed by atoms with E-state index in [1.807, 2.05) is 6.26 Å². The summed E-state index contributed by atoms with van der Waals surface area (Å²) in [6.07, 6.45) is 3.19. The van der Waals surface area contributed by atoms with Crippen LogP contribution >= 0.6 is 11.8 Å². The number of nitrogens with two attached hydrogens (primary N) is 1. The molecule has 0 aromatic carbocycles. The van der Waals surface area contributed by atoms with Crippen LogP contribution in [-0.2, 0) is 4.74 Å². The highest BCUT2D eigenvalue weighted by atomic mass is 32.2. The number of aromatic nitrogens is 5. The van der Waals surface area contributed by atoms with E-state index in [9.17, 15) is 4.79 Å². The van der Waals surface area contributed by atoms with E-state index in [4.69, 9.17) is 5.73 Å². The minimum atomic E-state index is -0.610. The molecule has 0 amide bonds. The standard InChI is InChI=1S/C9H10N6O2S/c1-17-8(16)7-11-4-15(14-7)6-3-5(10)12-9(13-6)18-2/h3-4H,1-2H3,(H2,10,12,13). The van der Waals surface area contributed by atoms with Gasteiger partial charge in [-0.15, -0.1) is 5.10 Å². The average molecular weight is 266 g/mol. The number of anilines is 1. The van der Waals surface area contributed by atoms with Crippen molar-refractivity contribution in [3.05, 3.63) is 18.2 Å². The SMILES string of the molecule is COC(=O)c1ncn(-c2cc(N)nc(SC)n2)n1. The minimum Gasteiger partial charge on any atom is -0.463 e. The van der Waals surface area contributed by atoms with Crippen molar-refractivity contribution in [1.29, 1.82) is 0 Å². The van der Waals surface area contributed by atoms with Crippen LogP contribution in [0.25, 0.3) is 5.82 Å². The second-order valence-electron chi connectivity index (χ2n) is 3.14. The Balaban J connectivity index is 2.39. The molecule has 0 aliphatic rings. The van der Waals surface area contributed by atoms with Gasteiger partial charge in [-0.3, -0.25) is 0 Å². The lowest BCUT2D eigenvalue weighted by molar-refractivity contribution is 0.0587. The second kappa shape index (κ2) is 5.00. The van der Waals surface area contributed by atoms with Crippen LogP contribution in [0.2, 0.25) is 0 Å². The first-order valence-corrected chi connectivity index (χ1v) is 6.05. The third kappa shape index (κ3) is 2.40. The molecule has 2 heterocycles. The molecule has 0 spiro atoms. The molecule has 2 aromatic heterocycles. The first-order chi connectivity index (χ1) is 8.63. The zero-order valence-electron chi connectivity index (χ0n) is 9.69. The molecular formula is C9H10N6O2S. The highest BCUT2D eigenvalue weighted by molar-refractivity contribution is 7.98. The van der Waals surface area contributed by atoms with E-state index in [0.29, 0.717) is 16.8 Å². The summed E-state index contributed by atoms with van der Waals surface area (Å²) in [5.41, 5.74) is 5.65. The maximum atomic E-state index is 11.2. The first kappa shape index (κ1) is 12.3. The van der Waals surface area contributed by atoms with Gasteiger partial charge in [-0.05, 0) is 6.26 Å². The van der Waals surface area contributed by atoms with Crippen molar-refractivity contribution < 1.29 is 9.53 Å². The fraction of sp³-hybridized carbons (Fsp3) is 0.222. The van der Waals surface area contributed by atoms with E-state index in [1.54, 1.807) is 0 Å². The smallest absolute Gasteiger partial charge is 0.377 e. The van der Waals surface area contributed by atoms with Crippen molar-refractivity contribution in [2.24, 2.45) is 0 Å². The van der Waals surface area contributed by atoms with E-state index >= 15 is 0 Å². The van der Waals surface area contributed by atoms with E-state index in [-0.39, 0.29) is 5.82 Å². The highest BCUT2D eigenvalue weighted by Crippen LogP contribution is 2.14. The van der Waals surface area contributed by atoms with Crippen molar-refractivity contribution in [3.63, 3.8) is 0 Å². The summed E-state index contributed by atoms with van der Waals surface area (Å²) in [7, 11) is 1.26. The third-order valence-electron chi connectivity index (χ3n) is 1.99. The Morgan fingerprint density at radius 1 is 1.50 bits per heavy atom. The van der Waals surface area contributed by atoms with Crippen molar-refractivity contribution in [3.8, 4) is 5.82 Å². The second-order valence-corrected chi connectivity index (χ2v) is 3.92. The van der Waals surface area contributed by atoms with Gasteiger partial charge in [-0.1, -0.05) is 11.8 Å². The van der Waals surface area contributed by atoms with Crippen LogP contribution in [0.5, 0.6) is 0 Å². The largest absolute Gasteiger partial charge is 0.463 e. The lowest BCUT2D eigenvalue weighted by atomic mass is 10.5. The van der Waals surface area contributed by atoms with Crippen molar-refractivity contribution in [1.82, 2.24) is 24.7 Å². The average Bonchev–Trinajstić information content (AvgIpc) is 2.86. The fourth-order valence-electron chi connectivity index (χ4n) is 1.20. The third-order valence-corrected chi connectivity index (χ3v) is 2.54. The summed E-state index contributed by atoms with van der Waals surface area (Å²) in [5, 5.41) is 4.46. The zero-order chi connectivity index (χ0) is 13.1. The molecular weight excluding hydrogens is 256 g/mol. The molecule has 2 rings (SSSR count). The molecule has 0 aliphatic heterocycles. The van der Waals surface area contributed by atoms with Gasteiger partial charge in [0.2, 0.25) is 0 Å². The van der Waals surface area contributed by atoms with E-state index in [0.717, 1.165) is 0 Å². The molecule has 2 N–H and O–H groups in total. The fourth-order valence-corrected chi connectivity index (χ4v) is 1.58. The van der Waals surface area contributed by atoms with Gasteiger partial charge in [0.1, 0.15) is 12.1 Å². The molecule has 94 valence electrons. The van der Waals surface area contributed by atoms with Gasteiger partial charge in [0.25, 0.3) is 5.82 Å². The van der Waals surface area contributed by atoms with Crippen molar-refractivity contribution in [2.45, 2.75) is 5.16 Å². The quantitative estimate of drug-likeness (QED) is 0.475. The number of hydrogen-bond acceptors (Lipinski definition) is 8. The van der Waals surface area contributed by atoms with Gasteiger partial charge in [0.15, 0.2) is 11.0 Å². The summed E-state index contributed by atoms with van der Waals surface area (Å²) in [5.74, 6) is 0.107. The Kier molecular flexibility index (Phi) is 3.42. The summed E-state index contributed by atoms with van der Waals surface area (Å²) in [6, 6.07) is 1.54. The monoisotopic (exact) mass is 266 g/mol. The number of carbonyl (C=O) groups is 1. The Labute approximate surface area is 107 Å². The number of nitrogen functional groups attached to an aromatic ring is 1. The maximum Gasteiger partial charge on any atom is 0.377 e. The molecule has 0 atom stereocenters. The van der Waals surface area contributed by atoms with Crippen LogP contribution in [0.15, 0.2) is 17.6 Å². The molecule has 0 bridgehead atoms. The Morgan fingerprint density at radius 3 is 2.94 bits per heavy atom. The predicted octanol–water partition coefficient (Wildman–Crippen LogP) is 0.148. The Hall–Kier alpha value is -2.16. The van der Waals surface area contributed by atoms with Gasteiger partial charge in [0.05, 0.1) is 7.11 Å². The number of nitrogens with zero attached hydrogens (tertiary/aromatic N) is 5. The normalized spacial score (nSPS) is 10.3. The molecule has 9 heteroatoms. The van der Waals surface area contributed by atoms with Crippen LogP contribution < -0.4 is 5.73 Å². The summed E-state index contributed by atoms with van der Waals surface area (Å²) >= 11 is 1.35. The molecule has 0 saturated carbocycles. The van der Waals surface area contributed by atoms with Gasteiger partial charge in [-0.2, -0.15) is 0 Å². The molecule has 2 aromatic rings. The molecule has 0 unspecified atom stereocenters. The number of hydrogen-bond donors (Lipinski definition) is 1. The summed E-state index contributed by atoms with van der Waals surface area (Å²) in [6.45, 7) is 0. The molecule has 0 aliphatic carbocycles. The van der Waals surface area contributed by atoms with Crippen LogP contribution in [0.3, 0.4) is 0 Å². The van der Waals surface area contributed by atoms with E-state index in [1.165, 1.54) is 35.9 Å². The summed E-state index contributed by atoms with van der Waals surface area (Å²) < 4.78 is 5.85. The summed E-state index contributed by atoms with van der Waals surface area (Å²) in [4.78, 5) is 23.3. The maximum absolute atomic E-state index is 11.2. The lowest BCUT2D eigenvalue weighted by Crippen LogP contribution is -2.07. The van der Waals surface area contributed by atoms with Gasteiger partial charge < -0.3 is 10.5 Å². The van der Waals surface area contributed by atoms with Gasteiger partial charge >= 0.3 is 5.97 Å². The lowest BCUT2D eigenvalue weighted by Gasteiger charge is -2.02. The van der Waals surface area contributed by atoms with Crippen LogP contribution in [0.1, 0.15) is 10.6 Å². The van der Waals surface area contributed by atoms with Crippen LogP contribution in [0, 0.1) is 0 Å². The molecule has 0 fully saturated rings. The number of thioether (sulfide) groups is 1. The molecule has 18 heavy (non-hydrogen) atoms. The number of methoxy groups -OCH3 is 1. The van der Waals surface area contributed by atoms with E-state index in [2.05, 4.69) is 24.8 Å². The Morgan fingerprint density at radius 2 is 2.28 bits per heavy atom. The number of rotatable bonds is 3. The van der Waals surface area contributed by atoms with E-state index < -0.39 is 5.97 Å². The number of esters is 1. The predicted molar refractivity (Wildman–Crippen MR) is 64.5 cm³/mol. The van der Waals surface area contributed by atoms with Crippen LogP contribution in [-0.4, -0.2) is 44.1 Å². The van der Waals surface area contributed by atoms with Gasteiger partial charge in [0, 0.05) is 6.07 Å². The number of ether oxygens (including phenoxy) is 1. The zero-order valence-corrected chi connectivity index (χ0v) is 10.5. The van der Waals surface area contributed by atoms with Crippen molar-refractivity contribution in [2.75, 3.05) is 19.1 Å². The number of carbonyl (C=O) groups excluding carboxylic acids is 1. The minimum absolute atomic E-state index is 0.0413. The molecule has 8 nitrogen and oxygen atoms in total. The topological polar surface area (TPSA) is 109 Å².